The molecule has 0 bridgehead atoms. The molecule has 168 valence electrons. The number of alkyl halides is 1. The van der Waals surface area contributed by atoms with Crippen LogP contribution in [-0.4, -0.2) is 78.4 Å². The van der Waals surface area contributed by atoms with Gasteiger partial charge in [0.15, 0.2) is 0 Å². The Balaban J connectivity index is 1.42. The molecule has 4 heterocycles. The van der Waals surface area contributed by atoms with Gasteiger partial charge in [-0.25, -0.2) is 9.37 Å². The zero-order chi connectivity index (χ0) is 21.6. The molecule has 2 saturated heterocycles. The van der Waals surface area contributed by atoms with Gasteiger partial charge in [0.2, 0.25) is 0 Å². The highest BCUT2D eigenvalue weighted by atomic mass is 35.5. The number of ether oxygens (including phenoxy) is 1. The van der Waals surface area contributed by atoms with Crippen molar-refractivity contribution in [2.75, 3.05) is 51.8 Å². The molecule has 0 radical (unpaired) electrons. The summed E-state index contributed by atoms with van der Waals surface area (Å²) in [5, 5.41) is 4.06. The summed E-state index contributed by atoms with van der Waals surface area (Å²) in [6.45, 7) is 4.16. The van der Waals surface area contributed by atoms with Crippen LogP contribution in [0, 0.1) is 0 Å². The molecule has 2 aromatic rings. The van der Waals surface area contributed by atoms with Crippen molar-refractivity contribution < 1.29 is 9.13 Å². The van der Waals surface area contributed by atoms with Crippen LogP contribution in [0.4, 0.5) is 10.1 Å². The summed E-state index contributed by atoms with van der Waals surface area (Å²) in [4.78, 5) is 13.4. The second kappa shape index (κ2) is 10.6. The van der Waals surface area contributed by atoms with Crippen LogP contribution in [0.2, 0.25) is 5.15 Å². The van der Waals surface area contributed by atoms with E-state index in [4.69, 9.17) is 16.3 Å². The SMILES string of the molecule is CN1CCC(Oc2ccc(-c3cnc(Cl)cc3NC3CCN(CCF)CC3)nc2)CC1. The Morgan fingerprint density at radius 2 is 1.87 bits per heavy atom. The molecule has 0 unspecified atom stereocenters. The molecule has 4 rings (SSSR count). The lowest BCUT2D eigenvalue weighted by Crippen LogP contribution is -2.40. The third-order valence-electron chi connectivity index (χ3n) is 6.20. The van der Waals surface area contributed by atoms with Crippen LogP contribution in [-0.2, 0) is 0 Å². The van der Waals surface area contributed by atoms with E-state index in [1.807, 2.05) is 18.2 Å². The van der Waals surface area contributed by atoms with Gasteiger partial charge in [-0.15, -0.1) is 0 Å². The number of nitrogens with zero attached hydrogens (tertiary/aromatic N) is 4. The van der Waals surface area contributed by atoms with Gasteiger partial charge in [-0.05, 0) is 50.9 Å². The van der Waals surface area contributed by atoms with Crippen molar-refractivity contribution in [3.63, 3.8) is 0 Å². The van der Waals surface area contributed by atoms with Crippen molar-refractivity contribution >= 4 is 17.3 Å². The standard InChI is InChI=1S/C23H31ClFN5O/c1-29-9-6-18(7-10-29)31-19-2-3-21(26-15-19)20-16-27-23(24)14-22(20)28-17-4-11-30(12-5-17)13-8-25/h2-3,14-18H,4-13H2,1H3,(H,27,28). The minimum absolute atomic E-state index is 0.251. The molecule has 0 spiro atoms. The van der Waals surface area contributed by atoms with E-state index in [1.165, 1.54) is 0 Å². The highest BCUT2D eigenvalue weighted by molar-refractivity contribution is 6.29. The first kappa shape index (κ1) is 22.2. The fourth-order valence-corrected chi connectivity index (χ4v) is 4.46. The van der Waals surface area contributed by atoms with Crippen LogP contribution in [0.5, 0.6) is 5.75 Å². The number of halogens is 2. The van der Waals surface area contributed by atoms with Gasteiger partial charge in [0, 0.05) is 56.2 Å². The molecule has 2 aliphatic rings. The first-order valence-electron chi connectivity index (χ1n) is 11.1. The van der Waals surface area contributed by atoms with Gasteiger partial charge in [0.25, 0.3) is 0 Å². The number of piperidine rings is 2. The lowest BCUT2D eigenvalue weighted by Gasteiger charge is -2.32. The lowest BCUT2D eigenvalue weighted by molar-refractivity contribution is 0.114. The normalized spacial score (nSPS) is 19.5. The maximum atomic E-state index is 12.6. The monoisotopic (exact) mass is 447 g/mol. The van der Waals surface area contributed by atoms with E-state index in [2.05, 4.69) is 32.1 Å². The van der Waals surface area contributed by atoms with Crippen molar-refractivity contribution in [3.8, 4) is 17.0 Å². The topological polar surface area (TPSA) is 53.5 Å². The molecular formula is C23H31ClFN5O. The van der Waals surface area contributed by atoms with E-state index < -0.39 is 0 Å². The van der Waals surface area contributed by atoms with Crippen molar-refractivity contribution in [2.45, 2.75) is 37.8 Å². The molecule has 1 N–H and O–H groups in total. The van der Waals surface area contributed by atoms with Gasteiger partial charge >= 0.3 is 0 Å². The molecule has 2 aromatic heterocycles. The predicted octanol–water partition coefficient (Wildman–Crippen LogP) is 4.12. The Kier molecular flexibility index (Phi) is 7.58. The predicted molar refractivity (Wildman–Crippen MR) is 123 cm³/mol. The average Bonchev–Trinajstić information content (AvgIpc) is 2.78. The molecule has 0 saturated carbocycles. The summed E-state index contributed by atoms with van der Waals surface area (Å²) in [6.07, 6.45) is 7.83. The van der Waals surface area contributed by atoms with Gasteiger partial charge in [-0.3, -0.25) is 4.98 Å². The Bertz CT molecular complexity index is 836. The van der Waals surface area contributed by atoms with Crippen molar-refractivity contribution in [3.05, 3.63) is 35.7 Å². The number of likely N-dealkylation sites (tertiary alicyclic amines) is 2. The molecule has 2 aliphatic heterocycles. The fraction of sp³-hybridized carbons (Fsp3) is 0.565. The van der Waals surface area contributed by atoms with Gasteiger partial charge in [-0.2, -0.15) is 0 Å². The van der Waals surface area contributed by atoms with Crippen LogP contribution in [0.3, 0.4) is 0 Å². The summed E-state index contributed by atoms with van der Waals surface area (Å²) in [7, 11) is 2.14. The lowest BCUT2D eigenvalue weighted by atomic mass is 10.0. The molecule has 2 fully saturated rings. The number of anilines is 1. The van der Waals surface area contributed by atoms with E-state index >= 15 is 0 Å². The van der Waals surface area contributed by atoms with E-state index in [0.717, 1.165) is 74.6 Å². The zero-order valence-corrected chi connectivity index (χ0v) is 18.8. The third kappa shape index (κ3) is 6.05. The minimum Gasteiger partial charge on any atom is -0.489 e. The first-order chi connectivity index (χ1) is 15.1. The second-order valence-electron chi connectivity index (χ2n) is 8.50. The van der Waals surface area contributed by atoms with Gasteiger partial charge < -0.3 is 19.9 Å². The molecule has 31 heavy (non-hydrogen) atoms. The van der Waals surface area contributed by atoms with Gasteiger partial charge in [0.05, 0.1) is 11.9 Å². The molecule has 0 aliphatic carbocycles. The molecule has 0 aromatic carbocycles. The zero-order valence-electron chi connectivity index (χ0n) is 18.1. The third-order valence-corrected chi connectivity index (χ3v) is 6.41. The molecule has 6 nitrogen and oxygen atoms in total. The number of aromatic nitrogens is 2. The van der Waals surface area contributed by atoms with Crippen LogP contribution < -0.4 is 10.1 Å². The highest BCUT2D eigenvalue weighted by Crippen LogP contribution is 2.31. The minimum atomic E-state index is -0.286. The number of rotatable bonds is 7. The van der Waals surface area contributed by atoms with Crippen LogP contribution in [0.25, 0.3) is 11.3 Å². The van der Waals surface area contributed by atoms with Crippen molar-refractivity contribution in [2.24, 2.45) is 0 Å². The van der Waals surface area contributed by atoms with E-state index in [9.17, 15) is 4.39 Å². The summed E-state index contributed by atoms with van der Waals surface area (Å²) < 4.78 is 18.7. The Morgan fingerprint density at radius 1 is 1.10 bits per heavy atom. The molecule has 8 heteroatoms. The summed E-state index contributed by atoms with van der Waals surface area (Å²) in [5.74, 6) is 0.801. The van der Waals surface area contributed by atoms with E-state index in [-0.39, 0.29) is 12.8 Å². The van der Waals surface area contributed by atoms with E-state index in [1.54, 1.807) is 12.4 Å². The number of hydrogen-bond acceptors (Lipinski definition) is 6. The van der Waals surface area contributed by atoms with Gasteiger partial charge in [0.1, 0.15) is 23.7 Å². The Labute approximate surface area is 188 Å². The Morgan fingerprint density at radius 3 is 2.55 bits per heavy atom. The first-order valence-corrected chi connectivity index (χ1v) is 11.5. The quantitative estimate of drug-likeness (QED) is 0.644. The van der Waals surface area contributed by atoms with E-state index in [0.29, 0.717) is 17.7 Å². The Hall–Kier alpha value is -1.96. The van der Waals surface area contributed by atoms with Crippen LogP contribution in [0.15, 0.2) is 30.6 Å². The maximum Gasteiger partial charge on any atom is 0.138 e. The molecule has 0 atom stereocenters. The highest BCUT2D eigenvalue weighted by Gasteiger charge is 2.21. The number of nitrogens with one attached hydrogen (secondary N) is 1. The van der Waals surface area contributed by atoms with Crippen molar-refractivity contribution in [1.29, 1.82) is 0 Å². The largest absolute Gasteiger partial charge is 0.489 e. The second-order valence-corrected chi connectivity index (χ2v) is 8.89. The van der Waals surface area contributed by atoms with Crippen molar-refractivity contribution in [1.82, 2.24) is 19.8 Å². The molecular weight excluding hydrogens is 417 g/mol. The van der Waals surface area contributed by atoms with Crippen LogP contribution >= 0.6 is 11.6 Å². The fourth-order valence-electron chi connectivity index (χ4n) is 4.30. The number of pyridine rings is 2. The maximum absolute atomic E-state index is 12.6. The summed E-state index contributed by atoms with van der Waals surface area (Å²) >= 11 is 6.19. The summed E-state index contributed by atoms with van der Waals surface area (Å²) in [5.41, 5.74) is 2.68. The molecule has 0 amide bonds. The smallest absolute Gasteiger partial charge is 0.138 e. The average molecular weight is 448 g/mol. The van der Waals surface area contributed by atoms with Gasteiger partial charge in [-0.1, -0.05) is 11.6 Å². The summed E-state index contributed by atoms with van der Waals surface area (Å²) in [6, 6.07) is 6.13. The van der Waals surface area contributed by atoms with Crippen LogP contribution in [0.1, 0.15) is 25.7 Å². The number of hydrogen-bond donors (Lipinski definition) is 1.